The van der Waals surface area contributed by atoms with Crippen molar-refractivity contribution in [2.45, 2.75) is 39.7 Å². The number of ether oxygens (including phenoxy) is 1. The molecule has 0 aliphatic carbocycles. The van der Waals surface area contributed by atoms with Crippen LogP contribution in [0.15, 0.2) is 11.4 Å². The molecule has 1 N–H and O–H groups in total. The highest BCUT2D eigenvalue weighted by molar-refractivity contribution is 7.12. The molecule has 1 aliphatic rings. The first kappa shape index (κ1) is 17.4. The van der Waals surface area contributed by atoms with Crippen LogP contribution in [0.25, 0.3) is 0 Å². The number of nitrogens with one attached hydrogen (secondary N) is 1. The van der Waals surface area contributed by atoms with Gasteiger partial charge in [0.15, 0.2) is 0 Å². The van der Waals surface area contributed by atoms with Gasteiger partial charge in [-0.05, 0) is 29.9 Å². The van der Waals surface area contributed by atoms with Crippen molar-refractivity contribution in [2.24, 2.45) is 5.92 Å². The normalized spacial score (nSPS) is 17.6. The van der Waals surface area contributed by atoms with Gasteiger partial charge in [-0.15, -0.1) is 11.3 Å². The van der Waals surface area contributed by atoms with Crippen molar-refractivity contribution in [3.8, 4) is 0 Å². The van der Waals surface area contributed by atoms with Crippen LogP contribution in [0.4, 0.5) is 0 Å². The largest absolute Gasteiger partial charge is 0.379 e. The molecule has 0 saturated carbocycles. The van der Waals surface area contributed by atoms with Crippen LogP contribution in [-0.4, -0.2) is 49.7 Å². The smallest absolute Gasteiger partial charge is 0.261 e. The van der Waals surface area contributed by atoms with Crippen molar-refractivity contribution < 1.29 is 9.53 Å². The fourth-order valence-electron chi connectivity index (χ4n) is 3.22. The Hall–Kier alpha value is -0.910. The molecule has 0 radical (unpaired) electrons. The Bertz CT molecular complexity index is 465. The molecule has 2 rings (SSSR count). The zero-order valence-corrected chi connectivity index (χ0v) is 14.7. The Morgan fingerprint density at radius 2 is 2.05 bits per heavy atom. The van der Waals surface area contributed by atoms with E-state index in [0.29, 0.717) is 12.0 Å². The lowest BCUT2D eigenvalue weighted by Crippen LogP contribution is -2.52. The van der Waals surface area contributed by atoms with E-state index in [1.165, 1.54) is 11.3 Å². The van der Waals surface area contributed by atoms with E-state index in [1.807, 2.05) is 18.4 Å². The van der Waals surface area contributed by atoms with Crippen LogP contribution >= 0.6 is 11.3 Å². The lowest BCUT2D eigenvalue weighted by molar-refractivity contribution is 0.00192. The zero-order chi connectivity index (χ0) is 15.9. The van der Waals surface area contributed by atoms with Gasteiger partial charge in [0.05, 0.1) is 18.1 Å². The number of thiophene rings is 1. The molecule has 1 saturated heterocycles. The van der Waals surface area contributed by atoms with E-state index >= 15 is 0 Å². The zero-order valence-electron chi connectivity index (χ0n) is 13.9. The highest BCUT2D eigenvalue weighted by Gasteiger charge is 2.27. The summed E-state index contributed by atoms with van der Waals surface area (Å²) in [6, 6.07) is 2.41. The first-order valence-corrected chi connectivity index (χ1v) is 9.19. The predicted molar refractivity (Wildman–Crippen MR) is 91.6 cm³/mol. The summed E-state index contributed by atoms with van der Waals surface area (Å²) in [6.07, 6.45) is 2.29. The maximum absolute atomic E-state index is 12.4. The number of amides is 1. The topological polar surface area (TPSA) is 41.6 Å². The molecule has 1 aliphatic heterocycles. The van der Waals surface area contributed by atoms with Crippen LogP contribution in [0.1, 0.15) is 41.9 Å². The van der Waals surface area contributed by atoms with Crippen LogP contribution in [-0.2, 0) is 4.74 Å². The number of nitrogens with zero attached hydrogens (tertiary/aromatic N) is 1. The lowest BCUT2D eigenvalue weighted by atomic mass is 9.92. The van der Waals surface area contributed by atoms with Crippen molar-refractivity contribution >= 4 is 17.2 Å². The summed E-state index contributed by atoms with van der Waals surface area (Å²) in [4.78, 5) is 15.7. The van der Waals surface area contributed by atoms with Crippen molar-refractivity contribution in [3.63, 3.8) is 0 Å². The summed E-state index contributed by atoms with van der Waals surface area (Å²) in [7, 11) is 0. The van der Waals surface area contributed by atoms with E-state index in [4.69, 9.17) is 4.74 Å². The molecule has 22 heavy (non-hydrogen) atoms. The van der Waals surface area contributed by atoms with Gasteiger partial charge in [-0.25, -0.2) is 0 Å². The van der Waals surface area contributed by atoms with E-state index in [0.717, 1.165) is 56.1 Å². The molecule has 4 nitrogen and oxygen atoms in total. The molecule has 0 aromatic carbocycles. The number of aryl methyl sites for hydroxylation is 1. The maximum Gasteiger partial charge on any atom is 0.261 e. The highest BCUT2D eigenvalue weighted by Crippen LogP contribution is 2.20. The van der Waals surface area contributed by atoms with E-state index in [2.05, 4.69) is 24.1 Å². The van der Waals surface area contributed by atoms with Gasteiger partial charge in [0.1, 0.15) is 0 Å². The molecule has 0 bridgehead atoms. The third-order valence-electron chi connectivity index (χ3n) is 4.65. The first-order chi connectivity index (χ1) is 10.7. The van der Waals surface area contributed by atoms with E-state index in [1.54, 1.807) is 0 Å². The first-order valence-electron chi connectivity index (χ1n) is 8.31. The van der Waals surface area contributed by atoms with Crippen molar-refractivity contribution in [3.05, 3.63) is 21.9 Å². The number of carbonyl (C=O) groups excluding carboxylic acids is 1. The van der Waals surface area contributed by atoms with Crippen LogP contribution in [0.5, 0.6) is 0 Å². The maximum atomic E-state index is 12.4. The number of rotatable bonds is 7. The van der Waals surface area contributed by atoms with Gasteiger partial charge < -0.3 is 10.1 Å². The highest BCUT2D eigenvalue weighted by atomic mass is 32.1. The van der Waals surface area contributed by atoms with Gasteiger partial charge in [-0.2, -0.15) is 0 Å². The summed E-state index contributed by atoms with van der Waals surface area (Å²) in [5.74, 6) is 0.680. The summed E-state index contributed by atoms with van der Waals surface area (Å²) >= 11 is 1.52. The van der Waals surface area contributed by atoms with Gasteiger partial charge >= 0.3 is 0 Å². The molecule has 1 unspecified atom stereocenters. The van der Waals surface area contributed by atoms with Gasteiger partial charge in [0, 0.05) is 25.7 Å². The molecule has 124 valence electrons. The Balaban J connectivity index is 1.99. The van der Waals surface area contributed by atoms with Crippen molar-refractivity contribution in [2.75, 3.05) is 32.8 Å². The molecule has 1 atom stereocenters. The standard InChI is InChI=1S/C17H28N2O2S/c1-4-14(5-2)15(19-7-9-21-10-8-19)12-18-17(20)16-13(3)6-11-22-16/h6,11,14-15H,4-5,7-10,12H2,1-3H3,(H,18,20). The fraction of sp³-hybridized carbons (Fsp3) is 0.706. The van der Waals surface area contributed by atoms with Gasteiger partial charge in [-0.1, -0.05) is 26.7 Å². The number of morpholine rings is 1. The Labute approximate surface area is 137 Å². The summed E-state index contributed by atoms with van der Waals surface area (Å²) in [6.45, 7) is 10.7. The predicted octanol–water partition coefficient (Wildman–Crippen LogP) is 2.92. The third kappa shape index (κ3) is 4.31. The molecule has 1 fully saturated rings. The van der Waals surface area contributed by atoms with Gasteiger partial charge in [0.25, 0.3) is 5.91 Å². The van der Waals surface area contributed by atoms with Crippen molar-refractivity contribution in [1.29, 1.82) is 0 Å². The van der Waals surface area contributed by atoms with Crippen LogP contribution in [0, 0.1) is 12.8 Å². The quantitative estimate of drug-likeness (QED) is 0.838. The summed E-state index contributed by atoms with van der Waals surface area (Å²) in [5, 5.41) is 5.14. The van der Waals surface area contributed by atoms with E-state index in [9.17, 15) is 4.79 Å². The third-order valence-corrected chi connectivity index (χ3v) is 5.66. The van der Waals surface area contributed by atoms with E-state index < -0.39 is 0 Å². The molecular formula is C17H28N2O2S. The Morgan fingerprint density at radius 3 is 2.59 bits per heavy atom. The second-order valence-corrected chi connectivity index (χ2v) is 6.85. The molecule has 0 spiro atoms. The SMILES string of the molecule is CCC(CC)C(CNC(=O)c1sccc1C)N1CCOCC1. The van der Waals surface area contributed by atoms with E-state index in [-0.39, 0.29) is 5.91 Å². The Morgan fingerprint density at radius 1 is 1.36 bits per heavy atom. The minimum absolute atomic E-state index is 0.0664. The second kappa shape index (κ2) is 8.65. The van der Waals surface area contributed by atoms with Gasteiger partial charge in [0.2, 0.25) is 0 Å². The number of carbonyl (C=O) groups is 1. The average Bonchev–Trinajstić information content (AvgIpc) is 2.98. The number of hydrogen-bond acceptors (Lipinski definition) is 4. The molecular weight excluding hydrogens is 296 g/mol. The summed E-state index contributed by atoms with van der Waals surface area (Å²) in [5.41, 5.74) is 1.06. The summed E-state index contributed by atoms with van der Waals surface area (Å²) < 4.78 is 5.47. The number of hydrogen-bond donors (Lipinski definition) is 1. The van der Waals surface area contributed by atoms with Crippen LogP contribution in [0.3, 0.4) is 0 Å². The molecule has 1 amide bonds. The molecule has 5 heteroatoms. The Kier molecular flexibility index (Phi) is 6.86. The monoisotopic (exact) mass is 324 g/mol. The van der Waals surface area contributed by atoms with Crippen molar-refractivity contribution in [1.82, 2.24) is 10.2 Å². The average molecular weight is 324 g/mol. The van der Waals surface area contributed by atoms with Gasteiger partial charge in [-0.3, -0.25) is 9.69 Å². The minimum atomic E-state index is 0.0664. The fourth-order valence-corrected chi connectivity index (χ4v) is 4.06. The lowest BCUT2D eigenvalue weighted by Gasteiger charge is -2.38. The molecule has 2 heterocycles. The molecule has 1 aromatic heterocycles. The minimum Gasteiger partial charge on any atom is -0.379 e. The molecule has 1 aromatic rings. The van der Waals surface area contributed by atoms with Crippen LogP contribution in [0.2, 0.25) is 0 Å². The van der Waals surface area contributed by atoms with Crippen LogP contribution < -0.4 is 5.32 Å². The second-order valence-electron chi connectivity index (χ2n) is 5.94.